The van der Waals surface area contributed by atoms with E-state index in [4.69, 9.17) is 11.0 Å². The Bertz CT molecular complexity index is 433. The third kappa shape index (κ3) is 1.71. The maximum Gasteiger partial charge on any atom is 0.271 e. The maximum absolute atomic E-state index is 12.4. The molecule has 1 aromatic rings. The summed E-state index contributed by atoms with van der Waals surface area (Å²) in [6.07, 6.45) is -1.97. The molecule has 1 heterocycles. The van der Waals surface area contributed by atoms with Crippen LogP contribution in [0.1, 0.15) is 17.6 Å². The molecule has 6 heteroatoms. The van der Waals surface area contributed by atoms with Gasteiger partial charge < -0.3 is 10.7 Å². The molecule has 1 aromatic heterocycles. The Balaban J connectivity index is 3.39. The lowest BCUT2D eigenvalue weighted by atomic mass is 10.1. The largest absolute Gasteiger partial charge is 0.394 e. The summed E-state index contributed by atoms with van der Waals surface area (Å²) in [6, 6.07) is 1.72. The van der Waals surface area contributed by atoms with Crippen molar-refractivity contribution in [2.45, 2.75) is 12.8 Å². The number of alkyl halides is 2. The number of aromatic nitrogens is 1. The zero-order valence-electron chi connectivity index (χ0n) is 7.05. The fraction of sp³-hybridized carbons (Fsp3) is 0.250. The van der Waals surface area contributed by atoms with Crippen molar-refractivity contribution in [3.63, 3.8) is 0 Å². The van der Waals surface area contributed by atoms with Crippen LogP contribution in [0.2, 0.25) is 0 Å². The SMILES string of the molecule is N#CCc1c[nH]c(=O)c(N)c1C(F)F. The number of nitrogen functional groups attached to an aromatic ring is 1. The quantitative estimate of drug-likeness (QED) is 0.744. The van der Waals surface area contributed by atoms with Gasteiger partial charge in [-0.1, -0.05) is 0 Å². The Hall–Kier alpha value is -1.90. The molecule has 3 N–H and O–H groups in total. The predicted molar refractivity (Wildman–Crippen MR) is 45.7 cm³/mol. The molecule has 0 aliphatic rings. The predicted octanol–water partition coefficient (Wildman–Crippen LogP) is 0.961. The van der Waals surface area contributed by atoms with Gasteiger partial charge in [-0.15, -0.1) is 0 Å². The van der Waals surface area contributed by atoms with Crippen LogP contribution in [-0.2, 0) is 6.42 Å². The molecule has 1 rings (SSSR count). The number of nitrogens with one attached hydrogen (secondary N) is 1. The molecule has 0 aliphatic heterocycles. The number of nitrogens with zero attached hydrogens (tertiary/aromatic N) is 1. The van der Waals surface area contributed by atoms with Gasteiger partial charge in [-0.05, 0) is 5.56 Å². The van der Waals surface area contributed by atoms with Crippen molar-refractivity contribution in [3.8, 4) is 6.07 Å². The molecule has 0 unspecified atom stereocenters. The lowest BCUT2D eigenvalue weighted by molar-refractivity contribution is 0.151. The molecule has 14 heavy (non-hydrogen) atoms. The van der Waals surface area contributed by atoms with Crippen molar-refractivity contribution in [3.05, 3.63) is 27.7 Å². The van der Waals surface area contributed by atoms with Gasteiger partial charge in [-0.2, -0.15) is 5.26 Å². The second-order valence-electron chi connectivity index (χ2n) is 2.61. The van der Waals surface area contributed by atoms with Gasteiger partial charge in [0.2, 0.25) is 0 Å². The molecule has 0 saturated heterocycles. The molecule has 74 valence electrons. The molecule has 0 fully saturated rings. The topological polar surface area (TPSA) is 82.7 Å². The monoisotopic (exact) mass is 199 g/mol. The van der Waals surface area contributed by atoms with Crippen LogP contribution in [0.15, 0.2) is 11.0 Å². The number of halogens is 2. The first-order valence-electron chi connectivity index (χ1n) is 3.73. The zero-order valence-corrected chi connectivity index (χ0v) is 7.05. The molecule has 0 amide bonds. The first-order valence-corrected chi connectivity index (χ1v) is 3.73. The summed E-state index contributed by atoms with van der Waals surface area (Å²) in [5.74, 6) is 0. The smallest absolute Gasteiger partial charge is 0.271 e. The Morgan fingerprint density at radius 1 is 1.64 bits per heavy atom. The van der Waals surface area contributed by atoms with E-state index >= 15 is 0 Å². The number of pyridine rings is 1. The van der Waals surface area contributed by atoms with Gasteiger partial charge in [-0.25, -0.2) is 8.78 Å². The van der Waals surface area contributed by atoms with Gasteiger partial charge in [0, 0.05) is 6.20 Å². The standard InChI is InChI=1S/C8H7F2N3O/c9-7(10)5-4(1-2-11)3-13-8(14)6(5)12/h3,7H,1,12H2,(H,13,14). The molecule has 0 bridgehead atoms. The summed E-state index contributed by atoms with van der Waals surface area (Å²) >= 11 is 0. The number of nitriles is 1. The Morgan fingerprint density at radius 2 is 2.29 bits per heavy atom. The van der Waals surface area contributed by atoms with E-state index in [9.17, 15) is 13.6 Å². The summed E-state index contributed by atoms with van der Waals surface area (Å²) in [7, 11) is 0. The van der Waals surface area contributed by atoms with Crippen LogP contribution in [0.4, 0.5) is 14.5 Å². The van der Waals surface area contributed by atoms with Gasteiger partial charge in [0.15, 0.2) is 0 Å². The Labute approximate surface area is 78.0 Å². The summed E-state index contributed by atoms with van der Waals surface area (Å²) < 4.78 is 24.9. The van der Waals surface area contributed by atoms with Gasteiger partial charge in [0.1, 0.15) is 5.69 Å². The van der Waals surface area contributed by atoms with Gasteiger partial charge >= 0.3 is 0 Å². The highest BCUT2D eigenvalue weighted by Crippen LogP contribution is 2.25. The number of rotatable bonds is 2. The van der Waals surface area contributed by atoms with Crippen molar-refractivity contribution >= 4 is 5.69 Å². The first kappa shape index (κ1) is 10.2. The van der Waals surface area contributed by atoms with Crippen LogP contribution in [-0.4, -0.2) is 4.98 Å². The Morgan fingerprint density at radius 3 is 2.79 bits per heavy atom. The number of hydrogen-bond acceptors (Lipinski definition) is 3. The van der Waals surface area contributed by atoms with E-state index in [0.29, 0.717) is 0 Å². The average Bonchev–Trinajstić information content (AvgIpc) is 2.11. The van der Waals surface area contributed by atoms with E-state index < -0.39 is 23.2 Å². The van der Waals surface area contributed by atoms with Crippen LogP contribution in [0.5, 0.6) is 0 Å². The van der Waals surface area contributed by atoms with Crippen molar-refractivity contribution in [1.29, 1.82) is 5.26 Å². The molecule has 0 aromatic carbocycles. The minimum absolute atomic E-state index is 0.0552. The minimum atomic E-state index is -2.85. The maximum atomic E-state index is 12.4. The number of nitrogens with two attached hydrogens (primary N) is 1. The lowest BCUT2D eigenvalue weighted by Crippen LogP contribution is -2.16. The minimum Gasteiger partial charge on any atom is -0.394 e. The van der Waals surface area contributed by atoms with E-state index in [1.54, 1.807) is 6.07 Å². The number of H-pyrrole nitrogens is 1. The van der Waals surface area contributed by atoms with Gasteiger partial charge in [0.25, 0.3) is 12.0 Å². The van der Waals surface area contributed by atoms with Gasteiger partial charge in [0.05, 0.1) is 18.1 Å². The van der Waals surface area contributed by atoms with Crippen LogP contribution >= 0.6 is 0 Å². The summed E-state index contributed by atoms with van der Waals surface area (Å²) in [4.78, 5) is 13.1. The fourth-order valence-electron chi connectivity index (χ4n) is 1.09. The van der Waals surface area contributed by atoms with Gasteiger partial charge in [-0.3, -0.25) is 4.79 Å². The summed E-state index contributed by atoms with van der Waals surface area (Å²) in [5, 5.41) is 8.36. The summed E-state index contributed by atoms with van der Waals surface area (Å²) in [5.41, 5.74) is 3.41. The second kappa shape index (κ2) is 3.87. The van der Waals surface area contributed by atoms with E-state index in [1.165, 1.54) is 0 Å². The molecule has 4 nitrogen and oxygen atoms in total. The summed E-state index contributed by atoms with van der Waals surface area (Å²) in [6.45, 7) is 0. The second-order valence-corrected chi connectivity index (χ2v) is 2.61. The number of hydrogen-bond donors (Lipinski definition) is 2. The average molecular weight is 199 g/mol. The highest BCUT2D eigenvalue weighted by atomic mass is 19.3. The van der Waals surface area contributed by atoms with Crippen molar-refractivity contribution in [2.24, 2.45) is 0 Å². The third-order valence-corrected chi connectivity index (χ3v) is 1.75. The highest BCUT2D eigenvalue weighted by Gasteiger charge is 2.18. The molecule has 0 atom stereocenters. The van der Waals surface area contributed by atoms with Crippen LogP contribution in [0, 0.1) is 11.3 Å². The van der Waals surface area contributed by atoms with E-state index in [0.717, 1.165) is 6.20 Å². The van der Waals surface area contributed by atoms with Crippen LogP contribution in [0.25, 0.3) is 0 Å². The zero-order chi connectivity index (χ0) is 10.7. The number of aromatic amines is 1. The fourth-order valence-corrected chi connectivity index (χ4v) is 1.09. The van der Waals surface area contributed by atoms with E-state index in [2.05, 4.69) is 4.98 Å². The highest BCUT2D eigenvalue weighted by molar-refractivity contribution is 5.49. The molecule has 0 spiro atoms. The Kier molecular flexibility index (Phi) is 2.82. The lowest BCUT2D eigenvalue weighted by Gasteiger charge is -2.07. The number of anilines is 1. The van der Waals surface area contributed by atoms with Crippen molar-refractivity contribution < 1.29 is 8.78 Å². The molecular weight excluding hydrogens is 192 g/mol. The van der Waals surface area contributed by atoms with E-state index in [1.807, 2.05) is 0 Å². The van der Waals surface area contributed by atoms with Crippen molar-refractivity contribution in [2.75, 3.05) is 5.73 Å². The van der Waals surface area contributed by atoms with Crippen molar-refractivity contribution in [1.82, 2.24) is 4.98 Å². The normalized spacial score (nSPS) is 10.1. The first-order chi connectivity index (χ1) is 6.57. The van der Waals surface area contributed by atoms with Crippen LogP contribution in [0.3, 0.4) is 0 Å². The molecule has 0 saturated carbocycles. The molecule has 0 radical (unpaired) electrons. The molecular formula is C8H7F2N3O. The van der Waals surface area contributed by atoms with Crippen LogP contribution < -0.4 is 11.3 Å². The third-order valence-electron chi connectivity index (χ3n) is 1.75. The van der Waals surface area contributed by atoms with E-state index in [-0.39, 0.29) is 12.0 Å². The molecule has 0 aliphatic carbocycles.